The van der Waals surface area contributed by atoms with Gasteiger partial charge in [-0.3, -0.25) is 19.1 Å². The summed E-state index contributed by atoms with van der Waals surface area (Å²) in [6, 6.07) is 23.4. The lowest BCUT2D eigenvalue weighted by molar-refractivity contribution is -0.123. The monoisotopic (exact) mass is 727 g/mol. The van der Waals surface area contributed by atoms with Crippen molar-refractivity contribution in [1.82, 2.24) is 30.0 Å². The molecule has 1 saturated carbocycles. The average Bonchev–Trinajstić information content (AvgIpc) is 3.64. The van der Waals surface area contributed by atoms with E-state index in [1.807, 2.05) is 58.1 Å². The number of para-hydroxylation sites is 3. The average molecular weight is 728 g/mol. The van der Waals surface area contributed by atoms with Gasteiger partial charge in [-0.15, -0.1) is 10.2 Å². The predicted octanol–water partition coefficient (Wildman–Crippen LogP) is 4.57. The number of piperazine rings is 1. The number of rotatable bonds is 10. The lowest BCUT2D eigenvalue weighted by Crippen LogP contribution is -2.56. The van der Waals surface area contributed by atoms with Crippen molar-refractivity contribution in [2.75, 3.05) is 54.5 Å². The molecule has 2 aliphatic heterocycles. The number of aldehydes is 1. The Morgan fingerprint density at radius 2 is 1.70 bits per heavy atom. The van der Waals surface area contributed by atoms with Crippen LogP contribution < -0.4 is 20.0 Å². The van der Waals surface area contributed by atoms with Crippen LogP contribution in [0.25, 0.3) is 28.1 Å². The third-order valence-corrected chi connectivity index (χ3v) is 11.4. The summed E-state index contributed by atoms with van der Waals surface area (Å²) in [5.41, 5.74) is 5.67. The SMILES string of the molecule is CNC(=O)C(CCC=O)N1CCN(C2CCC(N3CCN(c4ccc(-n5ccc6nnc(-c7ccccc7O)cc65)nc4)C(=O)C3)CC2)c2ccccc21. The van der Waals surface area contributed by atoms with Gasteiger partial charge in [-0.05, 0) is 80.6 Å². The molecule has 13 heteroatoms. The smallest absolute Gasteiger partial charge is 0.242 e. The van der Waals surface area contributed by atoms with Gasteiger partial charge < -0.3 is 29.9 Å². The standard InChI is InChI=1S/C41H45N9O4/c1-42-41(54)36(10-6-24-51)49-23-22-47(34-8-3-4-9-35(34)49)29-14-12-28(13-15-29)46-20-21-48(40(53)27-46)30-16-17-39(43-26-30)50-19-18-32-37(50)25-33(45-44-32)31-7-2-5-11-38(31)52/h2-5,7-9,11,16-19,24-26,28-29,36,52H,6,10,12-15,20-23,27H2,1H3,(H,42,54). The Balaban J connectivity index is 0.891. The number of aromatic nitrogens is 4. The van der Waals surface area contributed by atoms with Crippen molar-refractivity contribution in [1.29, 1.82) is 0 Å². The molecule has 1 saturated heterocycles. The summed E-state index contributed by atoms with van der Waals surface area (Å²) >= 11 is 0. The fourth-order valence-corrected chi connectivity index (χ4v) is 8.57. The maximum Gasteiger partial charge on any atom is 0.242 e. The zero-order valence-electron chi connectivity index (χ0n) is 30.4. The summed E-state index contributed by atoms with van der Waals surface area (Å²) in [6.45, 7) is 3.34. The molecule has 0 bridgehead atoms. The number of nitrogens with zero attached hydrogens (tertiary/aromatic N) is 8. The highest BCUT2D eigenvalue weighted by molar-refractivity contribution is 5.95. The van der Waals surface area contributed by atoms with Crippen LogP contribution in [0.4, 0.5) is 17.1 Å². The van der Waals surface area contributed by atoms with Crippen LogP contribution >= 0.6 is 0 Å². The summed E-state index contributed by atoms with van der Waals surface area (Å²) in [6.07, 6.45) is 9.50. The molecule has 3 aliphatic rings. The molecular formula is C41H45N9O4. The molecule has 278 valence electrons. The number of likely N-dealkylation sites (N-methyl/N-ethyl adjacent to an activating group) is 1. The normalized spacial score (nSPS) is 19.8. The Kier molecular flexibility index (Phi) is 9.96. The predicted molar refractivity (Wildman–Crippen MR) is 208 cm³/mol. The minimum Gasteiger partial charge on any atom is -0.507 e. The molecule has 54 heavy (non-hydrogen) atoms. The number of anilines is 3. The minimum absolute atomic E-state index is 0.0640. The van der Waals surface area contributed by atoms with E-state index in [2.05, 4.69) is 48.4 Å². The molecule has 5 heterocycles. The second kappa shape index (κ2) is 15.3. The lowest BCUT2D eigenvalue weighted by atomic mass is 9.88. The number of aromatic hydroxyl groups is 1. The van der Waals surface area contributed by atoms with Gasteiger partial charge in [-0.25, -0.2) is 4.98 Å². The number of hydrogen-bond donors (Lipinski definition) is 2. The summed E-state index contributed by atoms with van der Waals surface area (Å²) in [5, 5.41) is 21.8. The van der Waals surface area contributed by atoms with Gasteiger partial charge in [0, 0.05) is 63.5 Å². The van der Waals surface area contributed by atoms with Gasteiger partial charge in [0.15, 0.2) is 0 Å². The van der Waals surface area contributed by atoms with E-state index in [1.165, 1.54) is 0 Å². The first-order valence-corrected chi connectivity index (χ1v) is 18.8. The maximum absolute atomic E-state index is 13.6. The van der Waals surface area contributed by atoms with E-state index in [4.69, 9.17) is 4.98 Å². The maximum atomic E-state index is 13.6. The number of phenolic OH excluding ortho intramolecular Hbond substituents is 1. The van der Waals surface area contributed by atoms with Gasteiger partial charge in [0.05, 0.1) is 41.0 Å². The molecule has 13 nitrogen and oxygen atoms in total. The second-order valence-corrected chi connectivity index (χ2v) is 14.3. The fourth-order valence-electron chi connectivity index (χ4n) is 8.57. The molecule has 8 rings (SSSR count). The van der Waals surface area contributed by atoms with Crippen LogP contribution in [-0.4, -0.2) is 106 Å². The number of phenols is 1. The highest BCUT2D eigenvalue weighted by Gasteiger charge is 2.37. The van der Waals surface area contributed by atoms with E-state index in [-0.39, 0.29) is 23.6 Å². The van der Waals surface area contributed by atoms with Crippen LogP contribution in [0.5, 0.6) is 5.75 Å². The molecule has 3 aromatic heterocycles. The molecule has 2 fully saturated rings. The number of pyridine rings is 1. The molecule has 5 aromatic rings. The van der Waals surface area contributed by atoms with E-state index in [9.17, 15) is 19.5 Å². The summed E-state index contributed by atoms with van der Waals surface area (Å²) in [5.74, 6) is 0.854. The topological polar surface area (TPSA) is 140 Å². The summed E-state index contributed by atoms with van der Waals surface area (Å²) < 4.78 is 1.93. The molecule has 0 radical (unpaired) electrons. The van der Waals surface area contributed by atoms with E-state index < -0.39 is 0 Å². The number of hydrogen-bond acceptors (Lipinski definition) is 10. The second-order valence-electron chi connectivity index (χ2n) is 14.3. The van der Waals surface area contributed by atoms with E-state index >= 15 is 0 Å². The third kappa shape index (κ3) is 6.75. The minimum atomic E-state index is -0.384. The Labute approximate surface area is 314 Å². The molecular weight excluding hydrogens is 683 g/mol. The lowest BCUT2D eigenvalue weighted by Gasteiger charge is -2.48. The van der Waals surface area contributed by atoms with Crippen LogP contribution in [0.2, 0.25) is 0 Å². The Morgan fingerprint density at radius 1 is 0.926 bits per heavy atom. The van der Waals surface area contributed by atoms with Crippen molar-refractivity contribution in [2.24, 2.45) is 0 Å². The van der Waals surface area contributed by atoms with Crippen LogP contribution in [0.1, 0.15) is 38.5 Å². The zero-order chi connectivity index (χ0) is 37.2. The van der Waals surface area contributed by atoms with Gasteiger partial charge in [0.25, 0.3) is 0 Å². The van der Waals surface area contributed by atoms with Gasteiger partial charge in [0.1, 0.15) is 29.4 Å². The number of amides is 2. The first-order chi connectivity index (χ1) is 26.4. The van der Waals surface area contributed by atoms with Crippen LogP contribution in [-0.2, 0) is 14.4 Å². The summed E-state index contributed by atoms with van der Waals surface area (Å²) in [4.78, 5) is 51.2. The number of fused-ring (bicyclic) bond motifs is 2. The first kappa shape index (κ1) is 35.2. The van der Waals surface area contributed by atoms with Crippen molar-refractivity contribution >= 4 is 46.2 Å². The Hall–Kier alpha value is -5.82. The Morgan fingerprint density at radius 3 is 2.44 bits per heavy atom. The van der Waals surface area contributed by atoms with Gasteiger partial charge in [-0.2, -0.15) is 0 Å². The fraction of sp³-hybridized carbons (Fsp3) is 0.366. The zero-order valence-corrected chi connectivity index (χ0v) is 30.4. The summed E-state index contributed by atoms with van der Waals surface area (Å²) in [7, 11) is 1.65. The van der Waals surface area contributed by atoms with Gasteiger partial charge in [0.2, 0.25) is 11.8 Å². The largest absolute Gasteiger partial charge is 0.507 e. The molecule has 0 spiro atoms. The number of carbonyl (C=O) groups is 3. The van der Waals surface area contributed by atoms with Crippen molar-refractivity contribution in [3.05, 3.63) is 85.2 Å². The van der Waals surface area contributed by atoms with E-state index in [0.717, 1.165) is 74.2 Å². The van der Waals surface area contributed by atoms with Crippen molar-refractivity contribution < 1.29 is 19.5 Å². The molecule has 2 N–H and O–H groups in total. The molecule has 1 atom stereocenters. The first-order valence-electron chi connectivity index (χ1n) is 18.8. The highest BCUT2D eigenvalue weighted by Crippen LogP contribution is 2.39. The Bertz CT molecular complexity index is 2150. The highest BCUT2D eigenvalue weighted by atomic mass is 16.3. The van der Waals surface area contributed by atoms with Crippen molar-refractivity contribution in [3.8, 4) is 22.8 Å². The van der Waals surface area contributed by atoms with Crippen molar-refractivity contribution in [3.63, 3.8) is 0 Å². The molecule has 2 aromatic carbocycles. The molecule has 2 amide bonds. The van der Waals surface area contributed by atoms with Crippen LogP contribution in [0, 0.1) is 0 Å². The number of benzene rings is 2. The van der Waals surface area contributed by atoms with Crippen LogP contribution in [0.15, 0.2) is 85.2 Å². The van der Waals surface area contributed by atoms with Crippen LogP contribution in [0.3, 0.4) is 0 Å². The molecule has 1 unspecified atom stereocenters. The number of nitrogens with one attached hydrogen (secondary N) is 1. The van der Waals surface area contributed by atoms with Gasteiger partial charge >= 0.3 is 0 Å². The van der Waals surface area contributed by atoms with Gasteiger partial charge in [-0.1, -0.05) is 24.3 Å². The third-order valence-electron chi connectivity index (χ3n) is 11.4. The van der Waals surface area contributed by atoms with E-state index in [1.54, 1.807) is 25.4 Å². The quantitative estimate of drug-likeness (QED) is 0.197. The van der Waals surface area contributed by atoms with Crippen molar-refractivity contribution in [2.45, 2.75) is 56.7 Å². The number of carbonyl (C=O) groups excluding carboxylic acids is 3. The molecule has 1 aliphatic carbocycles. The van der Waals surface area contributed by atoms with E-state index in [0.29, 0.717) is 60.6 Å².